The minimum Gasteiger partial charge on any atom is -0.487 e. The van der Waals surface area contributed by atoms with Crippen LogP contribution in [0.25, 0.3) is 0 Å². The van der Waals surface area contributed by atoms with Crippen molar-refractivity contribution in [3.8, 4) is 5.75 Å². The van der Waals surface area contributed by atoms with Gasteiger partial charge in [0.1, 0.15) is 23.6 Å². The average molecular weight is 364 g/mol. The number of benzene rings is 1. The second-order valence-electron chi connectivity index (χ2n) is 6.08. The van der Waals surface area contributed by atoms with Gasteiger partial charge in [0.25, 0.3) is 5.69 Å². The Labute approximate surface area is 140 Å². The summed E-state index contributed by atoms with van der Waals surface area (Å²) in [6.45, 7) is 1.61. The van der Waals surface area contributed by atoms with Crippen molar-refractivity contribution in [2.75, 3.05) is 26.3 Å². The zero-order chi connectivity index (χ0) is 18.2. The number of nitrogens with zero attached hydrogens (tertiary/aromatic N) is 2. The van der Waals surface area contributed by atoms with Crippen LogP contribution < -0.4 is 4.74 Å². The van der Waals surface area contributed by atoms with Gasteiger partial charge in [-0.25, -0.2) is 4.39 Å². The van der Waals surface area contributed by atoms with Crippen molar-refractivity contribution in [2.45, 2.75) is 30.9 Å². The van der Waals surface area contributed by atoms with Crippen molar-refractivity contribution >= 4 is 5.69 Å². The molecule has 2 saturated heterocycles. The number of hydrogen-bond donors (Lipinski definition) is 0. The monoisotopic (exact) mass is 364 g/mol. The third-order valence-corrected chi connectivity index (χ3v) is 4.41. The molecule has 10 heteroatoms. The molecule has 1 aromatic carbocycles. The average Bonchev–Trinajstić information content (AvgIpc) is 2.47. The SMILES string of the molecule is O=[N+]([O-])c1ccc(O[C@@H]2CCN(C3COC3)C[C@H]2F)c(C(F)(F)F)c1. The van der Waals surface area contributed by atoms with E-state index in [0.29, 0.717) is 25.8 Å². The lowest BCUT2D eigenvalue weighted by molar-refractivity contribution is -0.385. The van der Waals surface area contributed by atoms with Crippen LogP contribution in [0.15, 0.2) is 18.2 Å². The number of nitro groups is 1. The lowest BCUT2D eigenvalue weighted by Gasteiger charge is -2.42. The number of rotatable bonds is 4. The fourth-order valence-electron chi connectivity index (χ4n) is 2.92. The lowest BCUT2D eigenvalue weighted by Crippen LogP contribution is -2.56. The number of hydrogen-bond acceptors (Lipinski definition) is 5. The van der Waals surface area contributed by atoms with Gasteiger partial charge in [-0.05, 0) is 12.5 Å². The summed E-state index contributed by atoms with van der Waals surface area (Å²) < 4.78 is 64.1. The lowest BCUT2D eigenvalue weighted by atomic mass is 10.0. The molecule has 0 radical (unpaired) electrons. The molecule has 1 aromatic rings. The highest BCUT2D eigenvalue weighted by Crippen LogP contribution is 2.39. The Morgan fingerprint density at radius 3 is 2.56 bits per heavy atom. The van der Waals surface area contributed by atoms with Crippen LogP contribution in [0.3, 0.4) is 0 Å². The van der Waals surface area contributed by atoms with Gasteiger partial charge < -0.3 is 9.47 Å². The highest BCUT2D eigenvalue weighted by molar-refractivity contribution is 5.45. The molecule has 2 fully saturated rings. The van der Waals surface area contributed by atoms with Crippen molar-refractivity contribution in [1.82, 2.24) is 4.90 Å². The molecule has 2 heterocycles. The molecule has 0 amide bonds. The first kappa shape index (κ1) is 17.9. The summed E-state index contributed by atoms with van der Waals surface area (Å²) in [7, 11) is 0. The molecule has 0 N–H and O–H groups in total. The quantitative estimate of drug-likeness (QED) is 0.467. The van der Waals surface area contributed by atoms with Gasteiger partial charge >= 0.3 is 6.18 Å². The van der Waals surface area contributed by atoms with Crippen LogP contribution >= 0.6 is 0 Å². The van der Waals surface area contributed by atoms with E-state index in [9.17, 15) is 27.7 Å². The predicted molar refractivity (Wildman–Crippen MR) is 78.2 cm³/mol. The van der Waals surface area contributed by atoms with Crippen molar-refractivity contribution in [1.29, 1.82) is 0 Å². The van der Waals surface area contributed by atoms with Gasteiger partial charge in [-0.15, -0.1) is 0 Å². The molecule has 0 bridgehead atoms. The Morgan fingerprint density at radius 2 is 2.04 bits per heavy atom. The van der Waals surface area contributed by atoms with Gasteiger partial charge in [0.15, 0.2) is 0 Å². The van der Waals surface area contributed by atoms with Crippen LogP contribution in [-0.4, -0.2) is 54.4 Å². The predicted octanol–water partition coefficient (Wildman–Crippen LogP) is 2.80. The second kappa shape index (κ2) is 6.75. The van der Waals surface area contributed by atoms with Gasteiger partial charge in [-0.2, -0.15) is 13.2 Å². The topological polar surface area (TPSA) is 64.8 Å². The van der Waals surface area contributed by atoms with E-state index in [2.05, 4.69) is 0 Å². The summed E-state index contributed by atoms with van der Waals surface area (Å²) in [5.41, 5.74) is -1.97. The number of likely N-dealkylation sites (tertiary alicyclic amines) is 1. The Balaban J connectivity index is 1.74. The van der Waals surface area contributed by atoms with Gasteiger partial charge in [-0.3, -0.25) is 15.0 Å². The molecule has 6 nitrogen and oxygen atoms in total. The maximum absolute atomic E-state index is 14.3. The maximum Gasteiger partial charge on any atom is 0.420 e. The molecule has 0 spiro atoms. The van der Waals surface area contributed by atoms with E-state index in [1.54, 1.807) is 0 Å². The molecule has 2 aliphatic rings. The Bertz CT molecular complexity index is 651. The van der Waals surface area contributed by atoms with E-state index >= 15 is 0 Å². The van der Waals surface area contributed by atoms with Crippen LogP contribution in [0.5, 0.6) is 5.75 Å². The van der Waals surface area contributed by atoms with Gasteiger partial charge in [-0.1, -0.05) is 0 Å². The summed E-state index contributed by atoms with van der Waals surface area (Å²) in [6.07, 6.45) is -7.09. The summed E-state index contributed by atoms with van der Waals surface area (Å²) in [5.74, 6) is -0.592. The van der Waals surface area contributed by atoms with Crippen molar-refractivity contribution in [2.24, 2.45) is 0 Å². The third kappa shape index (κ3) is 3.84. The second-order valence-corrected chi connectivity index (χ2v) is 6.08. The highest BCUT2D eigenvalue weighted by atomic mass is 19.4. The summed E-state index contributed by atoms with van der Waals surface area (Å²) in [4.78, 5) is 11.7. The molecule has 0 aliphatic carbocycles. The maximum atomic E-state index is 14.3. The molecule has 2 atom stereocenters. The molecule has 3 rings (SSSR count). The molecular formula is C15H16F4N2O4. The minimum absolute atomic E-state index is 0.0625. The number of halogens is 4. The fourth-order valence-corrected chi connectivity index (χ4v) is 2.92. The van der Waals surface area contributed by atoms with Crippen molar-refractivity contribution in [3.63, 3.8) is 0 Å². The number of ether oxygens (including phenoxy) is 2. The highest BCUT2D eigenvalue weighted by Gasteiger charge is 2.40. The van der Waals surface area contributed by atoms with Gasteiger partial charge in [0, 0.05) is 25.2 Å². The number of non-ortho nitro benzene ring substituents is 1. The van der Waals surface area contributed by atoms with Crippen LogP contribution in [0.1, 0.15) is 12.0 Å². The van der Waals surface area contributed by atoms with Crippen LogP contribution in [-0.2, 0) is 10.9 Å². The molecule has 25 heavy (non-hydrogen) atoms. The van der Waals surface area contributed by atoms with E-state index in [0.717, 1.165) is 12.1 Å². The summed E-state index contributed by atoms with van der Waals surface area (Å²) in [6, 6.07) is 2.34. The molecule has 2 aliphatic heterocycles. The molecule has 0 saturated carbocycles. The first-order valence-corrected chi connectivity index (χ1v) is 7.74. The van der Waals surface area contributed by atoms with Crippen LogP contribution in [0, 0.1) is 10.1 Å². The van der Waals surface area contributed by atoms with Gasteiger partial charge in [0.2, 0.25) is 0 Å². The largest absolute Gasteiger partial charge is 0.487 e. The minimum atomic E-state index is -4.84. The molecule has 0 aromatic heterocycles. The zero-order valence-electron chi connectivity index (χ0n) is 13.0. The summed E-state index contributed by atoms with van der Waals surface area (Å²) >= 11 is 0. The van der Waals surface area contributed by atoms with Crippen LogP contribution in [0.4, 0.5) is 23.2 Å². The standard InChI is InChI=1S/C15H16F4N2O4/c16-12-6-20(10-7-24-8-10)4-3-14(12)25-13-2-1-9(21(22)23)5-11(13)15(17,18)19/h1-2,5,10,12,14H,3-4,6-8H2/t12-,14-/m1/s1. The first-order chi connectivity index (χ1) is 11.8. The van der Waals surface area contributed by atoms with E-state index in [1.807, 2.05) is 4.90 Å². The molecule has 0 unspecified atom stereocenters. The third-order valence-electron chi connectivity index (χ3n) is 4.41. The van der Waals surface area contributed by atoms with E-state index in [4.69, 9.17) is 9.47 Å². The van der Waals surface area contributed by atoms with Crippen molar-refractivity contribution in [3.05, 3.63) is 33.9 Å². The smallest absolute Gasteiger partial charge is 0.420 e. The number of nitro benzene ring substituents is 1. The Hall–Kier alpha value is -1.94. The Kier molecular flexibility index (Phi) is 4.83. The molecular weight excluding hydrogens is 348 g/mol. The van der Waals surface area contributed by atoms with E-state index in [1.165, 1.54) is 0 Å². The number of alkyl halides is 4. The van der Waals surface area contributed by atoms with Crippen molar-refractivity contribution < 1.29 is 32.0 Å². The molecule has 138 valence electrons. The van der Waals surface area contributed by atoms with E-state index in [-0.39, 0.29) is 19.0 Å². The Morgan fingerprint density at radius 1 is 1.32 bits per heavy atom. The van der Waals surface area contributed by atoms with Gasteiger partial charge in [0.05, 0.1) is 24.2 Å². The summed E-state index contributed by atoms with van der Waals surface area (Å²) in [5, 5.41) is 10.7. The van der Waals surface area contributed by atoms with Crippen LogP contribution in [0.2, 0.25) is 0 Å². The van der Waals surface area contributed by atoms with E-state index < -0.39 is 40.4 Å². The first-order valence-electron chi connectivity index (χ1n) is 7.74. The fraction of sp³-hybridized carbons (Fsp3) is 0.600. The number of piperidine rings is 1. The normalized spacial score (nSPS) is 25.4. The zero-order valence-corrected chi connectivity index (χ0v) is 13.0.